The number of H-pyrrole nitrogens is 1. The van der Waals surface area contributed by atoms with Gasteiger partial charge in [0.25, 0.3) is 11.8 Å². The maximum Gasteiger partial charge on any atom is 0.274 e. The highest BCUT2D eigenvalue weighted by Gasteiger charge is 2.62. The van der Waals surface area contributed by atoms with E-state index in [0.717, 1.165) is 43.2 Å². The molecule has 1 aromatic heterocycles. The molecular formula is C25H32N4O3. The lowest BCUT2D eigenvalue weighted by Crippen LogP contribution is -2.78. The Bertz CT molecular complexity index is 1020. The maximum atomic E-state index is 13.2. The van der Waals surface area contributed by atoms with Gasteiger partial charge in [0.2, 0.25) is 0 Å². The van der Waals surface area contributed by atoms with Gasteiger partial charge in [-0.25, -0.2) is 0 Å². The summed E-state index contributed by atoms with van der Waals surface area (Å²) in [5.74, 6) is 0.842. The van der Waals surface area contributed by atoms with Gasteiger partial charge in [-0.3, -0.25) is 14.7 Å². The summed E-state index contributed by atoms with van der Waals surface area (Å²) in [6.07, 6.45) is 9.65. The van der Waals surface area contributed by atoms with E-state index in [9.17, 15) is 9.59 Å². The van der Waals surface area contributed by atoms with Gasteiger partial charge in [0.1, 0.15) is 0 Å². The first kappa shape index (κ1) is 20.2. The summed E-state index contributed by atoms with van der Waals surface area (Å²) in [5, 5.41) is 8.12. The average molecular weight is 437 g/mol. The molecule has 3 heterocycles. The van der Waals surface area contributed by atoms with Crippen molar-refractivity contribution in [3.05, 3.63) is 30.0 Å². The van der Waals surface area contributed by atoms with Crippen LogP contribution in [0.1, 0.15) is 68.3 Å². The number of ether oxygens (including phenoxy) is 1. The molecule has 2 saturated heterocycles. The van der Waals surface area contributed by atoms with E-state index in [4.69, 9.17) is 4.74 Å². The zero-order valence-corrected chi connectivity index (χ0v) is 18.6. The lowest BCUT2D eigenvalue weighted by Gasteiger charge is -2.62. The van der Waals surface area contributed by atoms with E-state index in [2.05, 4.69) is 15.1 Å². The lowest BCUT2D eigenvalue weighted by molar-refractivity contribution is -0.211. The monoisotopic (exact) mass is 436 g/mol. The average Bonchev–Trinajstić information content (AvgIpc) is 3.56. The molecule has 2 aliphatic heterocycles. The van der Waals surface area contributed by atoms with Crippen molar-refractivity contribution in [1.29, 1.82) is 0 Å². The number of hydrogen-bond donors (Lipinski definition) is 1. The van der Waals surface area contributed by atoms with Crippen LogP contribution in [0, 0.1) is 5.92 Å². The van der Waals surface area contributed by atoms with Crippen molar-refractivity contribution in [3.8, 4) is 0 Å². The van der Waals surface area contributed by atoms with E-state index in [1.807, 2.05) is 29.2 Å². The molecule has 0 bridgehead atoms. The first-order chi connectivity index (χ1) is 15.7. The molecule has 32 heavy (non-hydrogen) atoms. The molecule has 0 radical (unpaired) electrons. The van der Waals surface area contributed by atoms with E-state index in [1.165, 1.54) is 32.1 Å². The van der Waals surface area contributed by atoms with Gasteiger partial charge in [0, 0.05) is 24.5 Å². The normalized spacial score (nSPS) is 26.0. The summed E-state index contributed by atoms with van der Waals surface area (Å²) in [6, 6.07) is 7.95. The number of hydrogen-bond acceptors (Lipinski definition) is 4. The molecule has 4 fully saturated rings. The summed E-state index contributed by atoms with van der Waals surface area (Å²) < 4.78 is 6.21. The predicted molar refractivity (Wildman–Crippen MR) is 120 cm³/mol. The number of fused-ring (bicyclic) bond motifs is 1. The second-order valence-electron chi connectivity index (χ2n) is 10.2. The molecule has 2 amide bonds. The molecule has 1 N–H and O–H groups in total. The van der Waals surface area contributed by atoms with Crippen LogP contribution in [-0.4, -0.2) is 69.2 Å². The number of nitrogens with zero attached hydrogens (tertiary/aromatic N) is 3. The van der Waals surface area contributed by atoms with Crippen molar-refractivity contribution in [2.24, 2.45) is 5.92 Å². The third-order valence-electron chi connectivity index (χ3n) is 8.13. The number of likely N-dealkylation sites (tertiary alicyclic amines) is 2. The number of amides is 2. The second-order valence-corrected chi connectivity index (χ2v) is 10.2. The summed E-state index contributed by atoms with van der Waals surface area (Å²) >= 11 is 0. The van der Waals surface area contributed by atoms with E-state index in [1.54, 1.807) is 0 Å². The Morgan fingerprint density at radius 3 is 2.59 bits per heavy atom. The minimum atomic E-state index is -0.238. The van der Waals surface area contributed by atoms with Crippen LogP contribution >= 0.6 is 0 Å². The topological polar surface area (TPSA) is 78.5 Å². The number of nitrogens with one attached hydrogen (secondary N) is 1. The van der Waals surface area contributed by atoms with Crippen LogP contribution in [0.4, 0.5) is 0 Å². The standard InChI is InChI=1S/C25H32N4O3/c30-23(21-19-6-2-3-7-20(19)26-27-21)28-14-10-18(11-15-28)29-24(31)22(32-16-17-8-9-17)25(29)12-4-1-5-13-25/h2-3,6-7,17-18,22H,1,4-5,8-16H2,(H,26,27). The number of aromatic nitrogens is 2. The molecule has 2 aromatic rings. The fourth-order valence-electron chi connectivity index (χ4n) is 6.19. The van der Waals surface area contributed by atoms with Crippen LogP contribution in [-0.2, 0) is 9.53 Å². The van der Waals surface area contributed by atoms with Gasteiger partial charge in [-0.15, -0.1) is 0 Å². The third kappa shape index (κ3) is 3.24. The highest BCUT2D eigenvalue weighted by Crippen LogP contribution is 2.48. The molecule has 7 nitrogen and oxygen atoms in total. The number of aromatic amines is 1. The number of benzene rings is 1. The predicted octanol–water partition coefficient (Wildman–Crippen LogP) is 3.51. The Kier molecular flexibility index (Phi) is 4.97. The Morgan fingerprint density at radius 2 is 1.84 bits per heavy atom. The number of piperidine rings is 1. The Labute approximate surface area is 188 Å². The van der Waals surface area contributed by atoms with Gasteiger partial charge in [-0.2, -0.15) is 5.10 Å². The van der Waals surface area contributed by atoms with Gasteiger partial charge in [0.05, 0.1) is 17.7 Å². The molecule has 2 aliphatic carbocycles. The summed E-state index contributed by atoms with van der Waals surface area (Å²) in [4.78, 5) is 30.5. The van der Waals surface area contributed by atoms with Gasteiger partial charge in [-0.05, 0) is 50.5 Å². The van der Waals surface area contributed by atoms with Gasteiger partial charge >= 0.3 is 0 Å². The Morgan fingerprint density at radius 1 is 1.09 bits per heavy atom. The summed E-state index contributed by atoms with van der Waals surface area (Å²) in [5.41, 5.74) is 1.28. The zero-order chi connectivity index (χ0) is 21.7. The molecule has 1 atom stereocenters. The van der Waals surface area contributed by atoms with Gasteiger partial charge in [0.15, 0.2) is 11.8 Å². The highest BCUT2D eigenvalue weighted by molar-refractivity contribution is 6.04. The van der Waals surface area contributed by atoms with Crippen molar-refractivity contribution in [2.45, 2.75) is 75.5 Å². The van der Waals surface area contributed by atoms with E-state index in [-0.39, 0.29) is 29.5 Å². The van der Waals surface area contributed by atoms with Crippen LogP contribution < -0.4 is 0 Å². The van der Waals surface area contributed by atoms with Crippen molar-refractivity contribution in [1.82, 2.24) is 20.0 Å². The first-order valence-electron chi connectivity index (χ1n) is 12.3. The molecule has 2 saturated carbocycles. The minimum absolute atomic E-state index is 0.0196. The van der Waals surface area contributed by atoms with Crippen molar-refractivity contribution in [2.75, 3.05) is 19.7 Å². The number of rotatable bonds is 5. The highest BCUT2D eigenvalue weighted by atomic mass is 16.5. The number of para-hydroxylation sites is 1. The fourth-order valence-corrected chi connectivity index (χ4v) is 6.19. The third-order valence-corrected chi connectivity index (χ3v) is 8.13. The quantitative estimate of drug-likeness (QED) is 0.728. The lowest BCUT2D eigenvalue weighted by atomic mass is 9.68. The zero-order valence-electron chi connectivity index (χ0n) is 18.6. The van der Waals surface area contributed by atoms with Crippen LogP contribution in [0.2, 0.25) is 0 Å². The van der Waals surface area contributed by atoms with E-state index < -0.39 is 0 Å². The fraction of sp³-hybridized carbons (Fsp3) is 0.640. The smallest absolute Gasteiger partial charge is 0.274 e. The number of carbonyl (C=O) groups excluding carboxylic acids is 2. The number of carbonyl (C=O) groups is 2. The summed E-state index contributed by atoms with van der Waals surface area (Å²) in [6.45, 7) is 2.08. The van der Waals surface area contributed by atoms with Crippen molar-refractivity contribution >= 4 is 22.7 Å². The molecule has 7 heteroatoms. The van der Waals surface area contributed by atoms with E-state index >= 15 is 0 Å². The molecule has 4 aliphatic rings. The van der Waals surface area contributed by atoms with Crippen LogP contribution in [0.15, 0.2) is 24.3 Å². The largest absolute Gasteiger partial charge is 0.366 e. The number of β-lactam (4-membered cyclic amide) rings is 1. The van der Waals surface area contributed by atoms with Crippen LogP contribution in [0.5, 0.6) is 0 Å². The van der Waals surface area contributed by atoms with Crippen molar-refractivity contribution < 1.29 is 14.3 Å². The van der Waals surface area contributed by atoms with E-state index in [0.29, 0.717) is 24.7 Å². The SMILES string of the molecule is O=C(c1n[nH]c2ccccc12)N1CCC(N2C(=O)C(OCC3CC3)C23CCCCC3)CC1. The van der Waals surface area contributed by atoms with Gasteiger partial charge < -0.3 is 14.5 Å². The van der Waals surface area contributed by atoms with Gasteiger partial charge in [-0.1, -0.05) is 37.5 Å². The molecular weight excluding hydrogens is 404 g/mol. The van der Waals surface area contributed by atoms with Crippen LogP contribution in [0.25, 0.3) is 10.9 Å². The Hall–Kier alpha value is -2.41. The molecule has 1 unspecified atom stereocenters. The molecule has 1 spiro atoms. The maximum absolute atomic E-state index is 13.2. The summed E-state index contributed by atoms with van der Waals surface area (Å²) in [7, 11) is 0. The second kappa shape index (κ2) is 7.87. The Balaban J connectivity index is 1.14. The molecule has 6 rings (SSSR count). The first-order valence-corrected chi connectivity index (χ1v) is 12.3. The minimum Gasteiger partial charge on any atom is -0.366 e. The van der Waals surface area contributed by atoms with Crippen molar-refractivity contribution in [3.63, 3.8) is 0 Å². The van der Waals surface area contributed by atoms with Crippen LogP contribution in [0.3, 0.4) is 0 Å². The molecule has 1 aromatic carbocycles. The molecule has 170 valence electrons.